The number of ether oxygens (including phenoxy) is 2. The van der Waals surface area contributed by atoms with Crippen LogP contribution >= 0.6 is 11.8 Å². The summed E-state index contributed by atoms with van der Waals surface area (Å²) in [6.45, 7) is 6.18. The Morgan fingerprint density at radius 3 is 2.22 bits per heavy atom. The maximum absolute atomic E-state index is 12.7. The van der Waals surface area contributed by atoms with Gasteiger partial charge in [-0.1, -0.05) is 45.1 Å². The third kappa shape index (κ3) is 11.2. The van der Waals surface area contributed by atoms with Crippen molar-refractivity contribution in [2.24, 2.45) is 5.73 Å². The molecule has 0 aliphatic carbocycles. The fourth-order valence-corrected chi connectivity index (χ4v) is 2.96. The summed E-state index contributed by atoms with van der Waals surface area (Å²) in [6.07, 6.45) is 13.8. The van der Waals surface area contributed by atoms with Gasteiger partial charge in [0, 0.05) is 0 Å². The molecule has 0 aromatic rings. The van der Waals surface area contributed by atoms with Crippen LogP contribution in [-0.4, -0.2) is 42.2 Å². The van der Waals surface area contributed by atoms with Crippen molar-refractivity contribution in [1.82, 2.24) is 0 Å². The quantitative estimate of drug-likeness (QED) is 0.250. The predicted octanol–water partition coefficient (Wildman–Crippen LogP) is 4.40. The third-order valence-corrected chi connectivity index (χ3v) is 4.74. The van der Waals surface area contributed by atoms with Crippen molar-refractivity contribution >= 4 is 23.7 Å². The van der Waals surface area contributed by atoms with Crippen molar-refractivity contribution < 1.29 is 19.1 Å². The molecule has 0 amide bonds. The number of allylic oxidation sites excluding steroid dienone is 3. The van der Waals surface area contributed by atoms with Crippen molar-refractivity contribution in [3.8, 4) is 0 Å². The van der Waals surface area contributed by atoms with Crippen molar-refractivity contribution in [3.05, 3.63) is 24.3 Å². The van der Waals surface area contributed by atoms with E-state index in [4.69, 9.17) is 15.2 Å². The van der Waals surface area contributed by atoms with E-state index in [1.54, 1.807) is 18.7 Å². The highest BCUT2D eigenvalue weighted by Gasteiger charge is 2.37. The summed E-state index contributed by atoms with van der Waals surface area (Å²) in [7, 11) is 0. The molecule has 0 saturated carbocycles. The lowest BCUT2D eigenvalue weighted by Gasteiger charge is -2.28. The van der Waals surface area contributed by atoms with Gasteiger partial charge in [0.05, 0.1) is 6.61 Å². The lowest BCUT2D eigenvalue weighted by molar-refractivity contribution is -0.171. The van der Waals surface area contributed by atoms with Gasteiger partial charge in [-0.2, -0.15) is 11.8 Å². The van der Waals surface area contributed by atoms with Crippen LogP contribution in [0.4, 0.5) is 0 Å². The molecule has 0 saturated heterocycles. The molecule has 0 rings (SSSR count). The number of esters is 2. The highest BCUT2D eigenvalue weighted by molar-refractivity contribution is 7.98. The van der Waals surface area contributed by atoms with Crippen LogP contribution in [0.5, 0.6) is 0 Å². The van der Waals surface area contributed by atoms with Crippen molar-refractivity contribution in [2.45, 2.75) is 77.4 Å². The molecule has 0 spiro atoms. The van der Waals surface area contributed by atoms with Crippen molar-refractivity contribution in [3.63, 3.8) is 0 Å². The van der Waals surface area contributed by atoms with Crippen LogP contribution in [0.3, 0.4) is 0 Å². The molecule has 27 heavy (non-hydrogen) atoms. The number of carbonyl (C=O) groups excluding carboxylic acids is 2. The van der Waals surface area contributed by atoms with Gasteiger partial charge in [-0.3, -0.25) is 4.79 Å². The molecule has 0 radical (unpaired) electrons. The normalized spacial score (nSPS) is 15.0. The summed E-state index contributed by atoms with van der Waals surface area (Å²) in [5.74, 6) is -0.265. The van der Waals surface area contributed by atoms with Crippen LogP contribution in [0.25, 0.3) is 0 Å². The summed E-state index contributed by atoms with van der Waals surface area (Å²) < 4.78 is 10.7. The zero-order valence-corrected chi connectivity index (χ0v) is 18.2. The van der Waals surface area contributed by atoms with Crippen LogP contribution < -0.4 is 5.73 Å². The summed E-state index contributed by atoms with van der Waals surface area (Å²) >= 11 is 1.63. The molecule has 2 unspecified atom stereocenters. The van der Waals surface area contributed by atoms with E-state index in [1.807, 2.05) is 31.4 Å². The molecule has 2 N–H and O–H groups in total. The maximum Gasteiger partial charge on any atom is 0.347 e. The van der Waals surface area contributed by atoms with E-state index < -0.39 is 23.6 Å². The summed E-state index contributed by atoms with van der Waals surface area (Å²) in [5.41, 5.74) is 5.30. The first-order chi connectivity index (χ1) is 12.9. The summed E-state index contributed by atoms with van der Waals surface area (Å²) in [5, 5.41) is 0. The van der Waals surface area contributed by atoms with Crippen LogP contribution in [0.2, 0.25) is 0 Å². The monoisotopic (exact) mass is 399 g/mol. The second-order valence-electron chi connectivity index (χ2n) is 6.46. The number of hydrogen-bond acceptors (Lipinski definition) is 6. The number of rotatable bonds is 15. The van der Waals surface area contributed by atoms with Gasteiger partial charge >= 0.3 is 11.9 Å². The topological polar surface area (TPSA) is 78.6 Å². The highest BCUT2D eigenvalue weighted by Crippen LogP contribution is 2.21. The Kier molecular flexibility index (Phi) is 15.0. The average molecular weight is 400 g/mol. The Bertz CT molecular complexity index is 479. The summed E-state index contributed by atoms with van der Waals surface area (Å²) in [4.78, 5) is 24.9. The molecule has 5 nitrogen and oxygen atoms in total. The first-order valence-electron chi connectivity index (χ1n) is 9.90. The van der Waals surface area contributed by atoms with Crippen molar-refractivity contribution in [1.29, 1.82) is 0 Å². The molecular weight excluding hydrogens is 362 g/mol. The maximum atomic E-state index is 12.7. The minimum Gasteiger partial charge on any atom is -0.463 e. The smallest absolute Gasteiger partial charge is 0.347 e. The first kappa shape index (κ1) is 25.7. The molecule has 0 aromatic heterocycles. The second kappa shape index (κ2) is 15.8. The molecule has 6 heteroatoms. The van der Waals surface area contributed by atoms with Crippen LogP contribution in [-0.2, 0) is 19.1 Å². The Labute approximate surface area is 169 Å². The molecule has 0 heterocycles. The Balaban J connectivity index is 4.79. The van der Waals surface area contributed by atoms with Crippen LogP contribution in [0.1, 0.15) is 65.7 Å². The number of nitrogens with two attached hydrogens (primary N) is 1. The second-order valence-corrected chi connectivity index (χ2v) is 7.44. The van der Waals surface area contributed by atoms with E-state index in [1.165, 1.54) is 0 Å². The molecule has 0 aliphatic heterocycles. The SMILES string of the molecule is CC/C=C/CCOC(=O)C(CC)OC(=O)C(N)(CC/C=C/CC)CCSC. The molecule has 156 valence electrons. The standard InChI is InChI=1S/C21H37NO4S/c1-5-8-10-12-14-21(22,15-17-27-4)20(24)26-18(7-3)19(23)25-16-13-11-9-6-2/h8-11,18H,5-7,12-17,22H2,1-4H3/b10-8+,11-9+. The number of carbonyl (C=O) groups is 2. The zero-order valence-electron chi connectivity index (χ0n) is 17.4. The Morgan fingerprint density at radius 1 is 1.04 bits per heavy atom. The van der Waals surface area contributed by atoms with E-state index in [0.717, 1.165) is 18.6 Å². The van der Waals surface area contributed by atoms with Gasteiger partial charge in [-0.15, -0.1) is 0 Å². The molecule has 2 atom stereocenters. The predicted molar refractivity (Wildman–Crippen MR) is 114 cm³/mol. The fraction of sp³-hybridized carbons (Fsp3) is 0.714. The van der Waals surface area contributed by atoms with Gasteiger partial charge in [0.15, 0.2) is 6.10 Å². The van der Waals surface area contributed by atoms with Gasteiger partial charge in [0.2, 0.25) is 0 Å². The van der Waals surface area contributed by atoms with E-state index in [9.17, 15) is 9.59 Å². The van der Waals surface area contributed by atoms with E-state index in [0.29, 0.717) is 32.1 Å². The largest absolute Gasteiger partial charge is 0.463 e. The van der Waals surface area contributed by atoms with Crippen molar-refractivity contribution in [2.75, 3.05) is 18.6 Å². The zero-order chi connectivity index (χ0) is 20.5. The minimum atomic E-state index is -1.08. The molecule has 0 bridgehead atoms. The molecule has 0 aliphatic rings. The number of hydrogen-bond donors (Lipinski definition) is 1. The Hall–Kier alpha value is -1.27. The molecule has 0 aromatic carbocycles. The average Bonchev–Trinajstić information content (AvgIpc) is 2.67. The van der Waals surface area contributed by atoms with Gasteiger partial charge in [-0.05, 0) is 57.0 Å². The van der Waals surface area contributed by atoms with Gasteiger partial charge < -0.3 is 15.2 Å². The van der Waals surface area contributed by atoms with Gasteiger partial charge in [0.1, 0.15) is 5.54 Å². The van der Waals surface area contributed by atoms with E-state index in [2.05, 4.69) is 13.0 Å². The molecular formula is C21H37NO4S. The van der Waals surface area contributed by atoms with Crippen LogP contribution in [0.15, 0.2) is 24.3 Å². The summed E-state index contributed by atoms with van der Waals surface area (Å²) in [6, 6.07) is 0. The van der Waals surface area contributed by atoms with Gasteiger partial charge in [-0.25, -0.2) is 4.79 Å². The minimum absolute atomic E-state index is 0.283. The van der Waals surface area contributed by atoms with E-state index >= 15 is 0 Å². The highest BCUT2D eigenvalue weighted by atomic mass is 32.2. The van der Waals surface area contributed by atoms with Crippen LogP contribution in [0, 0.1) is 0 Å². The fourth-order valence-electron chi connectivity index (χ4n) is 2.39. The number of thioether (sulfide) groups is 1. The molecule has 0 fully saturated rings. The lowest BCUT2D eigenvalue weighted by Crippen LogP contribution is -2.51. The van der Waals surface area contributed by atoms with E-state index in [-0.39, 0.29) is 6.61 Å². The van der Waals surface area contributed by atoms with Gasteiger partial charge in [0.25, 0.3) is 0 Å². The first-order valence-corrected chi connectivity index (χ1v) is 11.3. The third-order valence-electron chi connectivity index (χ3n) is 4.13. The Morgan fingerprint density at radius 2 is 1.67 bits per heavy atom. The lowest BCUT2D eigenvalue weighted by atomic mass is 9.91.